The van der Waals surface area contributed by atoms with Gasteiger partial charge in [0.2, 0.25) is 0 Å². The zero-order valence-corrected chi connectivity index (χ0v) is 11.4. The second-order valence-corrected chi connectivity index (χ2v) is 4.77. The fourth-order valence-corrected chi connectivity index (χ4v) is 2.24. The quantitative estimate of drug-likeness (QED) is 0.831. The van der Waals surface area contributed by atoms with Crippen LogP contribution in [0.4, 0.5) is 11.4 Å². The SMILES string of the molecule is Cc1noc(C)c1C(C)Nc1cc(Cl)ccc1N. The van der Waals surface area contributed by atoms with Crippen molar-refractivity contribution in [3.05, 3.63) is 40.2 Å². The highest BCUT2D eigenvalue weighted by atomic mass is 35.5. The molecule has 2 rings (SSSR count). The Morgan fingerprint density at radius 2 is 2.11 bits per heavy atom. The molecule has 5 heteroatoms. The van der Waals surface area contributed by atoms with E-state index in [1.165, 1.54) is 0 Å². The lowest BCUT2D eigenvalue weighted by atomic mass is 10.1. The predicted molar refractivity (Wildman–Crippen MR) is 73.9 cm³/mol. The number of nitrogens with zero attached hydrogens (tertiary/aromatic N) is 1. The van der Waals surface area contributed by atoms with Crippen LogP contribution in [0.25, 0.3) is 0 Å². The summed E-state index contributed by atoms with van der Waals surface area (Å²) < 4.78 is 5.16. The Labute approximate surface area is 111 Å². The number of rotatable bonds is 3. The number of nitrogen functional groups attached to an aromatic ring is 1. The van der Waals surface area contributed by atoms with Gasteiger partial charge in [0, 0.05) is 10.6 Å². The summed E-state index contributed by atoms with van der Waals surface area (Å²) in [7, 11) is 0. The van der Waals surface area contributed by atoms with E-state index in [0.717, 1.165) is 22.7 Å². The third-order valence-corrected chi connectivity index (χ3v) is 3.14. The van der Waals surface area contributed by atoms with Crippen LogP contribution in [0.3, 0.4) is 0 Å². The molecule has 0 aliphatic rings. The molecule has 96 valence electrons. The monoisotopic (exact) mass is 265 g/mol. The molecule has 0 aliphatic heterocycles. The minimum atomic E-state index is 0.0528. The van der Waals surface area contributed by atoms with Crippen LogP contribution in [-0.2, 0) is 0 Å². The fourth-order valence-electron chi connectivity index (χ4n) is 2.07. The van der Waals surface area contributed by atoms with Crippen molar-refractivity contribution in [3.63, 3.8) is 0 Å². The van der Waals surface area contributed by atoms with Crippen LogP contribution in [0.1, 0.15) is 30.0 Å². The van der Waals surface area contributed by atoms with Crippen LogP contribution in [0.2, 0.25) is 5.02 Å². The second kappa shape index (κ2) is 4.90. The summed E-state index contributed by atoms with van der Waals surface area (Å²) in [6, 6.07) is 5.41. The number of anilines is 2. The zero-order valence-electron chi connectivity index (χ0n) is 10.6. The van der Waals surface area contributed by atoms with Gasteiger partial charge in [-0.1, -0.05) is 16.8 Å². The maximum absolute atomic E-state index is 5.96. The number of nitrogens with one attached hydrogen (secondary N) is 1. The van der Waals surface area contributed by atoms with Gasteiger partial charge in [-0.15, -0.1) is 0 Å². The number of aryl methyl sites for hydroxylation is 2. The van der Waals surface area contributed by atoms with Crippen molar-refractivity contribution in [1.82, 2.24) is 5.16 Å². The largest absolute Gasteiger partial charge is 0.397 e. The highest BCUT2D eigenvalue weighted by Gasteiger charge is 2.16. The van der Waals surface area contributed by atoms with Crippen molar-refractivity contribution in [1.29, 1.82) is 0 Å². The first-order valence-electron chi connectivity index (χ1n) is 5.73. The first kappa shape index (κ1) is 12.8. The van der Waals surface area contributed by atoms with Gasteiger partial charge < -0.3 is 15.6 Å². The summed E-state index contributed by atoms with van der Waals surface area (Å²) >= 11 is 5.96. The average molecular weight is 266 g/mol. The van der Waals surface area contributed by atoms with Gasteiger partial charge >= 0.3 is 0 Å². The van der Waals surface area contributed by atoms with Crippen molar-refractivity contribution in [2.45, 2.75) is 26.8 Å². The van der Waals surface area contributed by atoms with Crippen molar-refractivity contribution in [2.75, 3.05) is 11.1 Å². The Kier molecular flexibility index (Phi) is 3.48. The van der Waals surface area contributed by atoms with Gasteiger partial charge in [0.05, 0.1) is 23.1 Å². The van der Waals surface area contributed by atoms with E-state index >= 15 is 0 Å². The molecule has 1 aromatic carbocycles. The molecule has 1 atom stereocenters. The average Bonchev–Trinajstić information content (AvgIpc) is 2.63. The first-order valence-corrected chi connectivity index (χ1v) is 6.11. The summed E-state index contributed by atoms with van der Waals surface area (Å²) in [5.41, 5.74) is 9.32. The van der Waals surface area contributed by atoms with Crippen molar-refractivity contribution >= 4 is 23.0 Å². The second-order valence-electron chi connectivity index (χ2n) is 4.34. The lowest BCUT2D eigenvalue weighted by Crippen LogP contribution is -2.09. The van der Waals surface area contributed by atoms with E-state index in [2.05, 4.69) is 10.5 Å². The van der Waals surface area contributed by atoms with Crippen molar-refractivity contribution in [3.8, 4) is 0 Å². The van der Waals surface area contributed by atoms with E-state index in [4.69, 9.17) is 21.9 Å². The molecule has 0 fully saturated rings. The summed E-state index contributed by atoms with van der Waals surface area (Å²) in [5.74, 6) is 0.813. The molecule has 0 spiro atoms. The maximum Gasteiger partial charge on any atom is 0.139 e. The highest BCUT2D eigenvalue weighted by molar-refractivity contribution is 6.31. The molecule has 3 N–H and O–H groups in total. The van der Waals surface area contributed by atoms with E-state index in [1.54, 1.807) is 12.1 Å². The standard InChI is InChI=1S/C13H16ClN3O/c1-7(13-8(2)17-18-9(13)3)16-12-6-10(14)4-5-11(12)15/h4-7,16H,15H2,1-3H3. The number of hydrogen-bond donors (Lipinski definition) is 2. The molecule has 0 radical (unpaired) electrons. The van der Waals surface area contributed by atoms with E-state index in [-0.39, 0.29) is 6.04 Å². The predicted octanol–water partition coefficient (Wildman–Crippen LogP) is 3.70. The molecule has 0 saturated heterocycles. The van der Waals surface area contributed by atoms with Gasteiger partial charge in [0.25, 0.3) is 0 Å². The Bertz CT molecular complexity index is 546. The smallest absolute Gasteiger partial charge is 0.139 e. The normalized spacial score (nSPS) is 12.4. The van der Waals surface area contributed by atoms with Crippen LogP contribution in [0.15, 0.2) is 22.7 Å². The topological polar surface area (TPSA) is 64.1 Å². The van der Waals surface area contributed by atoms with Gasteiger partial charge in [0.15, 0.2) is 0 Å². The number of halogens is 1. The Hall–Kier alpha value is -1.68. The van der Waals surface area contributed by atoms with Gasteiger partial charge in [-0.2, -0.15) is 0 Å². The van der Waals surface area contributed by atoms with E-state index in [9.17, 15) is 0 Å². The lowest BCUT2D eigenvalue weighted by Gasteiger charge is -2.17. The van der Waals surface area contributed by atoms with Crippen molar-refractivity contribution in [2.24, 2.45) is 0 Å². The van der Waals surface area contributed by atoms with Crippen LogP contribution >= 0.6 is 11.6 Å². The third-order valence-electron chi connectivity index (χ3n) is 2.91. The lowest BCUT2D eigenvalue weighted by molar-refractivity contribution is 0.392. The fraction of sp³-hybridized carbons (Fsp3) is 0.308. The van der Waals surface area contributed by atoms with Gasteiger partial charge in [-0.3, -0.25) is 0 Å². The summed E-state index contributed by atoms with van der Waals surface area (Å²) in [5, 5.41) is 7.92. The Morgan fingerprint density at radius 3 is 2.72 bits per heavy atom. The van der Waals surface area contributed by atoms with Crippen LogP contribution < -0.4 is 11.1 Å². The highest BCUT2D eigenvalue weighted by Crippen LogP contribution is 2.29. The molecule has 1 heterocycles. The number of benzene rings is 1. The molecular weight excluding hydrogens is 250 g/mol. The minimum absolute atomic E-state index is 0.0528. The minimum Gasteiger partial charge on any atom is -0.397 e. The van der Waals surface area contributed by atoms with E-state index < -0.39 is 0 Å². The maximum atomic E-state index is 5.96. The zero-order chi connectivity index (χ0) is 13.3. The van der Waals surface area contributed by atoms with E-state index in [1.807, 2.05) is 26.8 Å². The molecule has 0 bridgehead atoms. The van der Waals surface area contributed by atoms with Crippen LogP contribution in [-0.4, -0.2) is 5.16 Å². The summed E-state index contributed by atoms with van der Waals surface area (Å²) in [4.78, 5) is 0. The van der Waals surface area contributed by atoms with Gasteiger partial charge in [0.1, 0.15) is 5.76 Å². The molecule has 0 saturated carbocycles. The summed E-state index contributed by atoms with van der Waals surface area (Å²) in [6.45, 7) is 5.85. The van der Waals surface area contributed by atoms with Crippen LogP contribution in [0.5, 0.6) is 0 Å². The third kappa shape index (κ3) is 2.43. The van der Waals surface area contributed by atoms with Gasteiger partial charge in [-0.25, -0.2) is 0 Å². The molecule has 2 aromatic rings. The molecule has 18 heavy (non-hydrogen) atoms. The van der Waals surface area contributed by atoms with Gasteiger partial charge in [-0.05, 0) is 39.0 Å². The first-order chi connectivity index (χ1) is 8.49. The molecule has 0 amide bonds. The molecule has 1 unspecified atom stereocenters. The Morgan fingerprint density at radius 1 is 1.39 bits per heavy atom. The number of aromatic nitrogens is 1. The number of nitrogens with two attached hydrogens (primary N) is 1. The van der Waals surface area contributed by atoms with Crippen molar-refractivity contribution < 1.29 is 4.52 Å². The number of hydrogen-bond acceptors (Lipinski definition) is 4. The summed E-state index contributed by atoms with van der Waals surface area (Å²) in [6.07, 6.45) is 0. The molecule has 4 nitrogen and oxygen atoms in total. The molecule has 1 aromatic heterocycles. The Balaban J connectivity index is 2.26. The molecular formula is C13H16ClN3O. The van der Waals surface area contributed by atoms with Crippen LogP contribution in [0, 0.1) is 13.8 Å². The van der Waals surface area contributed by atoms with E-state index in [0.29, 0.717) is 10.7 Å². The molecule has 0 aliphatic carbocycles.